The van der Waals surface area contributed by atoms with E-state index in [9.17, 15) is 4.79 Å². The number of anilines is 1. The first-order chi connectivity index (χ1) is 9.24. The maximum Gasteiger partial charge on any atom is 0.272 e. The van der Waals surface area contributed by atoms with Crippen LogP contribution >= 0.6 is 0 Å². The van der Waals surface area contributed by atoms with Gasteiger partial charge in [-0.05, 0) is 31.7 Å². The highest BCUT2D eigenvalue weighted by Crippen LogP contribution is 2.23. The van der Waals surface area contributed by atoms with E-state index < -0.39 is 0 Å². The molecule has 0 aliphatic heterocycles. The molecule has 1 saturated carbocycles. The first kappa shape index (κ1) is 12.2. The summed E-state index contributed by atoms with van der Waals surface area (Å²) in [5.41, 5.74) is 5.85. The van der Waals surface area contributed by atoms with Gasteiger partial charge in [-0.3, -0.25) is 4.79 Å². The molecule has 0 bridgehead atoms. The van der Waals surface area contributed by atoms with Gasteiger partial charge in [0, 0.05) is 17.5 Å². The van der Waals surface area contributed by atoms with Gasteiger partial charge >= 0.3 is 0 Å². The lowest BCUT2D eigenvalue weighted by Gasteiger charge is -2.27. The maximum absolute atomic E-state index is 11.7. The van der Waals surface area contributed by atoms with Crippen molar-refractivity contribution in [3.8, 4) is 0 Å². The zero-order chi connectivity index (χ0) is 13.2. The van der Waals surface area contributed by atoms with E-state index in [4.69, 9.17) is 5.73 Å². The van der Waals surface area contributed by atoms with E-state index in [2.05, 4.69) is 15.5 Å². The summed E-state index contributed by atoms with van der Waals surface area (Å²) in [6.07, 6.45) is 4.29. The molecule has 1 aromatic carbocycles. The molecule has 1 aliphatic rings. The van der Waals surface area contributed by atoms with Crippen LogP contribution in [0.2, 0.25) is 0 Å². The second-order valence-electron chi connectivity index (χ2n) is 5.21. The number of nitrogens with one attached hydrogen (secondary N) is 2. The zero-order valence-corrected chi connectivity index (χ0v) is 10.7. The van der Waals surface area contributed by atoms with Crippen LogP contribution in [0.5, 0.6) is 0 Å². The molecule has 1 aromatic heterocycles. The van der Waals surface area contributed by atoms with Crippen LogP contribution < -0.4 is 16.6 Å². The number of benzene rings is 1. The Morgan fingerprint density at radius 3 is 2.84 bits per heavy atom. The molecule has 0 unspecified atom stereocenters. The average molecular weight is 258 g/mol. The van der Waals surface area contributed by atoms with E-state index in [1.54, 1.807) is 0 Å². The van der Waals surface area contributed by atoms with Crippen molar-refractivity contribution >= 4 is 16.6 Å². The van der Waals surface area contributed by atoms with Gasteiger partial charge in [0.15, 0.2) is 5.82 Å². The third-order valence-corrected chi connectivity index (χ3v) is 3.75. The predicted molar refractivity (Wildman–Crippen MR) is 76.2 cm³/mol. The lowest BCUT2D eigenvalue weighted by atomic mass is 9.91. The molecule has 2 atom stereocenters. The highest BCUT2D eigenvalue weighted by molar-refractivity contribution is 5.90. The van der Waals surface area contributed by atoms with Crippen molar-refractivity contribution in [1.82, 2.24) is 10.2 Å². The van der Waals surface area contributed by atoms with Gasteiger partial charge in [-0.15, -0.1) is 0 Å². The topological polar surface area (TPSA) is 83.8 Å². The Kier molecular flexibility index (Phi) is 3.21. The Bertz CT molecular complexity index is 637. The summed E-state index contributed by atoms with van der Waals surface area (Å²) in [6.45, 7) is 0. The van der Waals surface area contributed by atoms with E-state index in [1.165, 1.54) is 0 Å². The van der Waals surface area contributed by atoms with Crippen molar-refractivity contribution in [3.05, 3.63) is 34.6 Å². The summed E-state index contributed by atoms with van der Waals surface area (Å²) in [7, 11) is 0. The number of nitrogens with two attached hydrogens (primary N) is 1. The van der Waals surface area contributed by atoms with Crippen LogP contribution in [0.4, 0.5) is 5.82 Å². The zero-order valence-electron chi connectivity index (χ0n) is 10.7. The molecule has 5 nitrogen and oxygen atoms in total. The van der Waals surface area contributed by atoms with E-state index in [0.717, 1.165) is 36.9 Å². The molecule has 1 heterocycles. The smallest absolute Gasteiger partial charge is 0.272 e. The number of rotatable bonds is 2. The SMILES string of the molecule is N[C@H]1CCC[C@@H](Nc2n[nH]c(=O)c3ccccc23)C1. The molecule has 4 N–H and O–H groups in total. The molecule has 1 aliphatic carbocycles. The highest BCUT2D eigenvalue weighted by atomic mass is 16.1. The molecule has 0 amide bonds. The Hall–Kier alpha value is -1.88. The average Bonchev–Trinajstić information content (AvgIpc) is 2.42. The van der Waals surface area contributed by atoms with Crippen molar-refractivity contribution in [1.29, 1.82) is 0 Å². The first-order valence-electron chi connectivity index (χ1n) is 6.73. The molecule has 0 radical (unpaired) electrons. The molecular formula is C14H18N4O. The number of aromatic nitrogens is 2. The second-order valence-corrected chi connectivity index (χ2v) is 5.21. The van der Waals surface area contributed by atoms with Crippen LogP contribution in [-0.4, -0.2) is 22.3 Å². The van der Waals surface area contributed by atoms with Gasteiger partial charge in [0.2, 0.25) is 0 Å². The number of hydrogen-bond donors (Lipinski definition) is 3. The number of fused-ring (bicyclic) bond motifs is 1. The van der Waals surface area contributed by atoms with E-state index in [-0.39, 0.29) is 11.6 Å². The van der Waals surface area contributed by atoms with Gasteiger partial charge in [-0.25, -0.2) is 5.10 Å². The van der Waals surface area contributed by atoms with Crippen LogP contribution in [0, 0.1) is 0 Å². The summed E-state index contributed by atoms with van der Waals surface area (Å²) >= 11 is 0. The van der Waals surface area contributed by atoms with Crippen LogP contribution in [0.15, 0.2) is 29.1 Å². The largest absolute Gasteiger partial charge is 0.365 e. The number of hydrogen-bond acceptors (Lipinski definition) is 4. The van der Waals surface area contributed by atoms with Crippen molar-refractivity contribution in [2.24, 2.45) is 5.73 Å². The van der Waals surface area contributed by atoms with Gasteiger partial charge in [-0.1, -0.05) is 18.2 Å². The highest BCUT2D eigenvalue weighted by Gasteiger charge is 2.20. The quantitative estimate of drug-likeness (QED) is 0.764. The first-order valence-corrected chi connectivity index (χ1v) is 6.73. The summed E-state index contributed by atoms with van der Waals surface area (Å²) in [5.74, 6) is 0.745. The van der Waals surface area contributed by atoms with Crippen LogP contribution in [0.25, 0.3) is 10.8 Å². The van der Waals surface area contributed by atoms with Gasteiger partial charge in [0.05, 0.1) is 5.39 Å². The minimum Gasteiger partial charge on any atom is -0.365 e. The van der Waals surface area contributed by atoms with Crippen molar-refractivity contribution in [3.63, 3.8) is 0 Å². The second kappa shape index (κ2) is 5.01. The molecule has 19 heavy (non-hydrogen) atoms. The molecular weight excluding hydrogens is 240 g/mol. The van der Waals surface area contributed by atoms with Gasteiger partial charge < -0.3 is 11.1 Å². The molecule has 2 aromatic rings. The summed E-state index contributed by atoms with van der Waals surface area (Å²) in [4.78, 5) is 11.7. The minimum absolute atomic E-state index is 0.151. The lowest BCUT2D eigenvalue weighted by molar-refractivity contribution is 0.409. The van der Waals surface area contributed by atoms with Crippen molar-refractivity contribution < 1.29 is 0 Å². The summed E-state index contributed by atoms with van der Waals surface area (Å²) in [5, 5.41) is 11.6. The summed E-state index contributed by atoms with van der Waals surface area (Å²) in [6, 6.07) is 8.11. The fourth-order valence-corrected chi connectivity index (χ4v) is 2.78. The Morgan fingerprint density at radius 1 is 1.26 bits per heavy atom. The Morgan fingerprint density at radius 2 is 2.05 bits per heavy atom. The van der Waals surface area contributed by atoms with Crippen molar-refractivity contribution in [2.45, 2.75) is 37.8 Å². The molecule has 0 saturated heterocycles. The normalized spacial score (nSPS) is 23.4. The van der Waals surface area contributed by atoms with E-state index in [0.29, 0.717) is 11.4 Å². The van der Waals surface area contributed by atoms with Gasteiger partial charge in [-0.2, -0.15) is 5.10 Å². The predicted octanol–water partition coefficient (Wildman–Crippen LogP) is 1.60. The van der Waals surface area contributed by atoms with Gasteiger partial charge in [0.1, 0.15) is 0 Å². The standard InChI is InChI=1S/C14H18N4O/c15-9-4-3-5-10(8-9)16-13-11-6-1-2-7-12(11)14(19)18-17-13/h1-2,6-7,9-10H,3-5,8,15H2,(H,16,17)(H,18,19)/t9-,10+/m0/s1. The number of H-pyrrole nitrogens is 1. The minimum atomic E-state index is -0.151. The number of nitrogens with zero attached hydrogens (tertiary/aromatic N) is 1. The molecule has 0 spiro atoms. The molecule has 1 fully saturated rings. The third kappa shape index (κ3) is 2.46. The molecule has 100 valence electrons. The monoisotopic (exact) mass is 258 g/mol. The Labute approximate surface area is 111 Å². The van der Waals surface area contributed by atoms with Crippen LogP contribution in [0.1, 0.15) is 25.7 Å². The van der Waals surface area contributed by atoms with E-state index >= 15 is 0 Å². The Balaban J connectivity index is 1.93. The fraction of sp³-hybridized carbons (Fsp3) is 0.429. The van der Waals surface area contributed by atoms with E-state index in [1.807, 2.05) is 24.3 Å². The number of aromatic amines is 1. The third-order valence-electron chi connectivity index (χ3n) is 3.75. The van der Waals surface area contributed by atoms with Crippen molar-refractivity contribution in [2.75, 3.05) is 5.32 Å². The van der Waals surface area contributed by atoms with Gasteiger partial charge in [0.25, 0.3) is 5.56 Å². The summed E-state index contributed by atoms with van der Waals surface area (Å²) < 4.78 is 0. The van der Waals surface area contributed by atoms with Crippen LogP contribution in [0.3, 0.4) is 0 Å². The fourth-order valence-electron chi connectivity index (χ4n) is 2.78. The molecule has 5 heteroatoms. The maximum atomic E-state index is 11.7. The lowest BCUT2D eigenvalue weighted by Crippen LogP contribution is -2.35. The molecule has 3 rings (SSSR count). The van der Waals surface area contributed by atoms with Crippen LogP contribution in [-0.2, 0) is 0 Å².